The zero-order chi connectivity index (χ0) is 17.3. The van der Waals surface area contributed by atoms with Crippen molar-refractivity contribution in [3.05, 3.63) is 29.8 Å². The largest absolute Gasteiger partial charge is 0.327 e. The fraction of sp³-hybridized carbons (Fsp3) is 0.588. The zero-order valence-corrected chi connectivity index (χ0v) is 15.7. The fourth-order valence-corrected chi connectivity index (χ4v) is 4.82. The molecule has 0 saturated heterocycles. The first-order valence-corrected chi connectivity index (χ1v) is 10.2. The third-order valence-electron chi connectivity index (χ3n) is 5.37. The first-order valence-electron chi connectivity index (χ1n) is 8.47. The maximum atomic E-state index is 12.6. The number of carbonyl (C=O) groups is 1. The van der Waals surface area contributed by atoms with E-state index in [4.69, 9.17) is 10.9 Å². The van der Waals surface area contributed by atoms with Gasteiger partial charge in [0.25, 0.3) is 0 Å². The van der Waals surface area contributed by atoms with Gasteiger partial charge in [-0.25, -0.2) is 13.6 Å². The lowest BCUT2D eigenvalue weighted by molar-refractivity contribution is -0.122. The summed E-state index contributed by atoms with van der Waals surface area (Å²) in [6.07, 6.45) is 5.22. The third kappa shape index (κ3) is 5.17. The molecule has 0 spiro atoms. The van der Waals surface area contributed by atoms with Gasteiger partial charge in [0.2, 0.25) is 15.9 Å². The molecule has 0 heterocycles. The quantitative estimate of drug-likeness (QED) is 0.732. The third-order valence-corrected chi connectivity index (χ3v) is 6.11. The number of carbonyl (C=O) groups excluding carboxylic acids is 1. The summed E-state index contributed by atoms with van der Waals surface area (Å²) in [7, 11) is -3.54. The van der Waals surface area contributed by atoms with Gasteiger partial charge in [0.1, 0.15) is 0 Å². The molecule has 0 aromatic heterocycles. The van der Waals surface area contributed by atoms with E-state index in [0.29, 0.717) is 23.1 Å². The number of benzene rings is 1. The molecule has 5 N–H and O–H groups in total. The predicted molar refractivity (Wildman–Crippen MR) is 101 cm³/mol. The zero-order valence-electron chi connectivity index (χ0n) is 14.1. The highest BCUT2D eigenvalue weighted by molar-refractivity contribution is 7.88. The van der Waals surface area contributed by atoms with Gasteiger partial charge in [-0.05, 0) is 55.2 Å². The Labute approximate surface area is 155 Å². The van der Waals surface area contributed by atoms with Crippen molar-refractivity contribution in [3.63, 3.8) is 0 Å². The van der Waals surface area contributed by atoms with Gasteiger partial charge < -0.3 is 11.1 Å². The van der Waals surface area contributed by atoms with E-state index >= 15 is 0 Å². The van der Waals surface area contributed by atoms with E-state index in [0.717, 1.165) is 25.7 Å². The van der Waals surface area contributed by atoms with Crippen LogP contribution in [0.1, 0.15) is 37.7 Å². The first-order chi connectivity index (χ1) is 11.3. The number of hydrogen-bond acceptors (Lipinski definition) is 4. The molecule has 0 aliphatic heterocycles. The summed E-state index contributed by atoms with van der Waals surface area (Å²) < 4.78 is 22.2. The second-order valence-corrected chi connectivity index (χ2v) is 8.80. The molecule has 8 heteroatoms. The summed E-state index contributed by atoms with van der Waals surface area (Å²) in [6, 6.07) is 7.03. The number of primary sulfonamides is 1. The van der Waals surface area contributed by atoms with Crippen molar-refractivity contribution >= 4 is 34.0 Å². The summed E-state index contributed by atoms with van der Waals surface area (Å²) in [5.41, 5.74) is 7.56. The van der Waals surface area contributed by atoms with E-state index < -0.39 is 10.0 Å². The summed E-state index contributed by atoms with van der Waals surface area (Å²) in [4.78, 5) is 12.6. The lowest BCUT2D eigenvalue weighted by Gasteiger charge is -2.43. The van der Waals surface area contributed by atoms with Crippen LogP contribution < -0.4 is 16.2 Å². The molecule has 2 bridgehead atoms. The van der Waals surface area contributed by atoms with Crippen LogP contribution in [0.4, 0.5) is 5.69 Å². The van der Waals surface area contributed by atoms with Crippen LogP contribution in [0.15, 0.2) is 24.3 Å². The van der Waals surface area contributed by atoms with E-state index in [9.17, 15) is 13.2 Å². The number of nitrogens with one attached hydrogen (secondary N) is 1. The Morgan fingerprint density at radius 2 is 1.68 bits per heavy atom. The number of anilines is 1. The molecule has 1 aromatic rings. The SMILES string of the molecule is Cl.NC1C2CCCC1CC(C(=O)Nc1ccc(CS(N)(=O)=O)cc1)C2. The molecule has 2 aliphatic rings. The Morgan fingerprint density at radius 3 is 2.20 bits per heavy atom. The smallest absolute Gasteiger partial charge is 0.227 e. The molecular formula is C17H26ClN3O3S. The van der Waals surface area contributed by atoms with Gasteiger partial charge in [0.05, 0.1) is 5.75 Å². The molecule has 140 valence electrons. The molecule has 2 fully saturated rings. The van der Waals surface area contributed by atoms with Crippen LogP contribution in [0, 0.1) is 17.8 Å². The highest BCUT2D eigenvalue weighted by atomic mass is 35.5. The van der Waals surface area contributed by atoms with Gasteiger partial charge in [0.15, 0.2) is 0 Å². The highest BCUT2D eigenvalue weighted by Crippen LogP contribution is 2.42. The molecule has 1 aromatic carbocycles. The summed E-state index contributed by atoms with van der Waals surface area (Å²) in [5, 5.41) is 7.98. The number of sulfonamides is 1. The minimum Gasteiger partial charge on any atom is -0.327 e. The molecule has 1 amide bonds. The molecular weight excluding hydrogens is 362 g/mol. The highest BCUT2D eigenvalue weighted by Gasteiger charge is 2.40. The molecule has 2 saturated carbocycles. The van der Waals surface area contributed by atoms with Gasteiger partial charge in [-0.3, -0.25) is 4.79 Å². The predicted octanol–water partition coefficient (Wildman–Crippen LogP) is 1.99. The van der Waals surface area contributed by atoms with Crippen LogP contribution in [0.5, 0.6) is 0 Å². The number of rotatable bonds is 4. The molecule has 2 atom stereocenters. The van der Waals surface area contributed by atoms with E-state index in [1.807, 2.05) is 0 Å². The summed E-state index contributed by atoms with van der Waals surface area (Å²) in [5.74, 6) is 0.781. The Bertz CT molecular complexity index is 694. The van der Waals surface area contributed by atoms with Gasteiger partial charge in [-0.2, -0.15) is 0 Å². The van der Waals surface area contributed by atoms with Crippen molar-refractivity contribution in [1.29, 1.82) is 0 Å². The molecule has 3 rings (SSSR count). The summed E-state index contributed by atoms with van der Waals surface area (Å²) in [6.45, 7) is 0. The number of hydrogen-bond donors (Lipinski definition) is 3. The van der Waals surface area contributed by atoms with Crippen LogP contribution >= 0.6 is 12.4 Å². The van der Waals surface area contributed by atoms with E-state index in [2.05, 4.69) is 5.32 Å². The Morgan fingerprint density at radius 1 is 1.12 bits per heavy atom. The minimum atomic E-state index is -3.54. The molecule has 2 aliphatic carbocycles. The number of nitrogens with two attached hydrogens (primary N) is 2. The second kappa shape index (κ2) is 8.03. The Kier molecular flexibility index (Phi) is 6.48. The van der Waals surface area contributed by atoms with Crippen molar-refractivity contribution < 1.29 is 13.2 Å². The van der Waals surface area contributed by atoms with Gasteiger partial charge in [0, 0.05) is 17.6 Å². The summed E-state index contributed by atoms with van der Waals surface area (Å²) >= 11 is 0. The van der Waals surface area contributed by atoms with Gasteiger partial charge in [-0.15, -0.1) is 12.4 Å². The Hall–Kier alpha value is -1.15. The maximum Gasteiger partial charge on any atom is 0.227 e. The minimum absolute atomic E-state index is 0. The van der Waals surface area contributed by atoms with Crippen LogP contribution in [0.3, 0.4) is 0 Å². The standard InChI is InChI=1S/C17H25N3O3S.ClH/c18-16-12-2-1-3-13(16)9-14(8-12)17(21)20-15-6-4-11(5-7-15)10-24(19,22)23;/h4-7,12-14,16H,1-3,8-10,18H2,(H,20,21)(H2,19,22,23);1H. The lowest BCUT2D eigenvalue weighted by Crippen LogP contribution is -2.48. The average Bonchev–Trinajstić information content (AvgIpc) is 2.47. The van der Waals surface area contributed by atoms with E-state index in [-0.39, 0.29) is 36.0 Å². The normalized spacial score (nSPS) is 28.7. The van der Waals surface area contributed by atoms with Crippen molar-refractivity contribution in [2.75, 3.05) is 5.32 Å². The fourth-order valence-electron chi connectivity index (χ4n) is 4.16. The molecule has 25 heavy (non-hydrogen) atoms. The van der Waals surface area contributed by atoms with E-state index in [1.165, 1.54) is 6.42 Å². The molecule has 6 nitrogen and oxygen atoms in total. The number of amides is 1. The van der Waals surface area contributed by atoms with Gasteiger partial charge >= 0.3 is 0 Å². The lowest BCUT2D eigenvalue weighted by atomic mass is 9.65. The maximum absolute atomic E-state index is 12.6. The molecule has 2 unspecified atom stereocenters. The van der Waals surface area contributed by atoms with Crippen molar-refractivity contribution in [2.45, 2.75) is 43.9 Å². The van der Waals surface area contributed by atoms with Crippen LogP contribution in [-0.4, -0.2) is 20.4 Å². The van der Waals surface area contributed by atoms with Crippen molar-refractivity contribution in [2.24, 2.45) is 28.6 Å². The van der Waals surface area contributed by atoms with Crippen LogP contribution in [-0.2, 0) is 20.6 Å². The van der Waals surface area contributed by atoms with E-state index in [1.54, 1.807) is 24.3 Å². The first kappa shape index (κ1) is 20.2. The van der Waals surface area contributed by atoms with Gasteiger partial charge in [-0.1, -0.05) is 18.6 Å². The monoisotopic (exact) mass is 387 g/mol. The number of halogens is 1. The number of fused-ring (bicyclic) bond motifs is 2. The topological polar surface area (TPSA) is 115 Å². The molecule has 0 radical (unpaired) electrons. The second-order valence-electron chi connectivity index (χ2n) is 7.19. The Balaban J connectivity index is 0.00000225. The van der Waals surface area contributed by atoms with Crippen LogP contribution in [0.2, 0.25) is 0 Å². The van der Waals surface area contributed by atoms with Crippen molar-refractivity contribution in [3.8, 4) is 0 Å². The average molecular weight is 388 g/mol. The van der Waals surface area contributed by atoms with Crippen LogP contribution in [0.25, 0.3) is 0 Å². The van der Waals surface area contributed by atoms with Crippen molar-refractivity contribution in [1.82, 2.24) is 0 Å².